The largest absolute Gasteiger partial charge is 0.390 e. The van der Waals surface area contributed by atoms with Gasteiger partial charge in [0, 0.05) is 41.8 Å². The topological polar surface area (TPSA) is 90.9 Å². The second kappa shape index (κ2) is 5.49. The molecule has 2 bridgehead atoms. The van der Waals surface area contributed by atoms with Crippen LogP contribution in [0.2, 0.25) is 0 Å². The van der Waals surface area contributed by atoms with Gasteiger partial charge in [0.05, 0.1) is 34.8 Å². The van der Waals surface area contributed by atoms with E-state index < -0.39 is 11.0 Å². The van der Waals surface area contributed by atoms with E-state index in [0.717, 1.165) is 66.8 Å². The number of anilines is 1. The number of pyridine rings is 2. The lowest BCUT2D eigenvalue weighted by Crippen LogP contribution is -2.50. The first-order chi connectivity index (χ1) is 15.3. The van der Waals surface area contributed by atoms with Crippen molar-refractivity contribution in [1.82, 2.24) is 19.7 Å². The molecule has 7 nitrogen and oxygen atoms in total. The van der Waals surface area contributed by atoms with Gasteiger partial charge in [0.2, 0.25) is 0 Å². The van der Waals surface area contributed by atoms with E-state index >= 15 is 0 Å². The summed E-state index contributed by atoms with van der Waals surface area (Å²) in [5, 5.41) is 26.2. The van der Waals surface area contributed by atoms with E-state index in [9.17, 15) is 10.4 Å². The Hall–Kier alpha value is -2.98. The zero-order valence-electron chi connectivity index (χ0n) is 18.4. The zero-order valence-corrected chi connectivity index (χ0v) is 18.4. The zero-order chi connectivity index (χ0) is 21.9. The summed E-state index contributed by atoms with van der Waals surface area (Å²) in [7, 11) is 0. The summed E-state index contributed by atoms with van der Waals surface area (Å²) in [5.74, 6) is 0.932. The molecule has 2 aliphatic heterocycles. The lowest BCUT2D eigenvalue weighted by molar-refractivity contribution is -0.0754. The second-order valence-electron chi connectivity index (χ2n) is 11.1. The van der Waals surface area contributed by atoms with Crippen molar-refractivity contribution >= 4 is 16.7 Å². The minimum absolute atomic E-state index is 0.0387. The first-order valence-corrected chi connectivity index (χ1v) is 11.5. The van der Waals surface area contributed by atoms with Crippen LogP contribution < -0.4 is 4.90 Å². The Bertz CT molecular complexity index is 1320. The van der Waals surface area contributed by atoms with Gasteiger partial charge in [0.25, 0.3) is 0 Å². The average molecular weight is 427 g/mol. The third-order valence-electron chi connectivity index (χ3n) is 9.05. The smallest absolute Gasteiger partial charge is 0.130 e. The molecule has 3 aliphatic carbocycles. The summed E-state index contributed by atoms with van der Waals surface area (Å²) >= 11 is 0. The van der Waals surface area contributed by atoms with E-state index in [-0.39, 0.29) is 10.8 Å². The molecule has 1 spiro atoms. The SMILES string of the molecule is CC(C)(O)C12CC(C1)N(c1cc(-n3ncc4cnc([C@]5(C#N)CC56CC6)cc43)ccn1)C2. The Morgan fingerprint density at radius 2 is 2.00 bits per heavy atom. The van der Waals surface area contributed by atoms with Crippen LogP contribution in [-0.4, -0.2) is 43.0 Å². The Morgan fingerprint density at radius 3 is 2.66 bits per heavy atom. The van der Waals surface area contributed by atoms with Gasteiger partial charge in [-0.15, -0.1) is 0 Å². The van der Waals surface area contributed by atoms with Crippen molar-refractivity contribution in [3.05, 3.63) is 42.5 Å². The number of rotatable bonds is 4. The van der Waals surface area contributed by atoms with Crippen molar-refractivity contribution in [3.63, 3.8) is 0 Å². The molecule has 0 radical (unpaired) electrons. The minimum atomic E-state index is -0.685. The van der Waals surface area contributed by atoms with Gasteiger partial charge in [0.1, 0.15) is 11.2 Å². The summed E-state index contributed by atoms with van der Waals surface area (Å²) in [6.07, 6.45) is 10.8. The first kappa shape index (κ1) is 18.6. The first-order valence-electron chi connectivity index (χ1n) is 11.5. The van der Waals surface area contributed by atoms with Crippen molar-refractivity contribution < 1.29 is 5.11 Å². The van der Waals surface area contributed by atoms with E-state index in [1.54, 1.807) is 0 Å². The number of nitrogens with zero attached hydrogens (tertiary/aromatic N) is 6. The molecular weight excluding hydrogens is 400 g/mol. The second-order valence-corrected chi connectivity index (χ2v) is 11.1. The molecule has 3 aromatic rings. The molecule has 5 aliphatic rings. The minimum Gasteiger partial charge on any atom is -0.390 e. The quantitative estimate of drug-likeness (QED) is 0.687. The van der Waals surface area contributed by atoms with Crippen LogP contribution >= 0.6 is 0 Å². The van der Waals surface area contributed by atoms with Crippen LogP contribution in [0.25, 0.3) is 16.6 Å². The molecular formula is C25H26N6O. The number of hydrogen-bond donors (Lipinski definition) is 1. The molecule has 5 fully saturated rings. The predicted molar refractivity (Wildman–Crippen MR) is 119 cm³/mol. The fourth-order valence-electron chi connectivity index (χ4n) is 6.46. The molecule has 32 heavy (non-hydrogen) atoms. The summed E-state index contributed by atoms with van der Waals surface area (Å²) in [6.45, 7) is 4.69. The highest BCUT2D eigenvalue weighted by atomic mass is 16.3. The third kappa shape index (κ3) is 2.16. The fourth-order valence-corrected chi connectivity index (χ4v) is 6.46. The number of aromatic nitrogens is 4. The van der Waals surface area contributed by atoms with Crippen molar-refractivity contribution in [1.29, 1.82) is 5.26 Å². The Kier molecular flexibility index (Phi) is 3.19. The highest BCUT2D eigenvalue weighted by Gasteiger charge is 2.76. The van der Waals surface area contributed by atoms with Crippen LogP contribution in [0.4, 0.5) is 5.82 Å². The van der Waals surface area contributed by atoms with E-state index in [1.807, 2.05) is 43.2 Å². The van der Waals surface area contributed by atoms with Crippen molar-refractivity contribution in [2.75, 3.05) is 11.4 Å². The molecule has 0 unspecified atom stereocenters. The maximum Gasteiger partial charge on any atom is 0.130 e. The van der Waals surface area contributed by atoms with Crippen LogP contribution in [0.3, 0.4) is 0 Å². The molecule has 162 valence electrons. The Balaban J connectivity index is 1.26. The lowest BCUT2D eigenvalue weighted by atomic mass is 9.61. The van der Waals surface area contributed by atoms with Crippen LogP contribution in [0.5, 0.6) is 0 Å². The van der Waals surface area contributed by atoms with Crippen LogP contribution in [0.15, 0.2) is 36.8 Å². The van der Waals surface area contributed by atoms with Crippen molar-refractivity contribution in [2.24, 2.45) is 10.8 Å². The van der Waals surface area contributed by atoms with Gasteiger partial charge in [-0.1, -0.05) is 0 Å². The summed E-state index contributed by atoms with van der Waals surface area (Å²) < 4.78 is 1.94. The molecule has 0 aromatic carbocycles. The van der Waals surface area contributed by atoms with Crippen molar-refractivity contribution in [2.45, 2.75) is 63.0 Å². The summed E-state index contributed by atoms with van der Waals surface area (Å²) in [4.78, 5) is 11.7. The molecule has 5 heterocycles. The standard InChI is InChI=1S/C25H26N6O/c1-22(2,32)24-9-18(10-24)30(15-24)21-7-17(3-6-27-21)31-19-8-20(28-11-16(19)12-29-31)25(14-26)13-23(25)4-5-23/h3,6-8,11-12,18,32H,4-5,9-10,13,15H2,1-2H3/t18?,24?,25-/m1/s1. The van der Waals surface area contributed by atoms with Gasteiger partial charge in [-0.3, -0.25) is 4.98 Å². The van der Waals surface area contributed by atoms with E-state index in [0.29, 0.717) is 6.04 Å². The number of hydrogen-bond acceptors (Lipinski definition) is 6. The number of fused-ring (bicyclic) bond motifs is 2. The Labute approximate surface area is 186 Å². The molecule has 3 saturated carbocycles. The van der Waals surface area contributed by atoms with Crippen LogP contribution in [0, 0.1) is 22.2 Å². The maximum atomic E-state index is 10.7. The highest BCUT2D eigenvalue weighted by Crippen LogP contribution is 2.78. The third-order valence-corrected chi connectivity index (χ3v) is 9.05. The van der Waals surface area contributed by atoms with Crippen LogP contribution in [-0.2, 0) is 5.41 Å². The molecule has 0 amide bonds. The molecule has 8 rings (SSSR count). The summed E-state index contributed by atoms with van der Waals surface area (Å²) in [6, 6.07) is 9.15. The lowest BCUT2D eigenvalue weighted by Gasteiger charge is -2.45. The normalized spacial score (nSPS) is 31.6. The van der Waals surface area contributed by atoms with Gasteiger partial charge >= 0.3 is 0 Å². The van der Waals surface area contributed by atoms with E-state index in [1.165, 1.54) is 0 Å². The molecule has 3 aromatic heterocycles. The maximum absolute atomic E-state index is 10.7. The molecule has 1 atom stereocenters. The number of nitriles is 1. The molecule has 1 N–H and O–H groups in total. The van der Waals surface area contributed by atoms with Gasteiger partial charge < -0.3 is 10.0 Å². The van der Waals surface area contributed by atoms with Gasteiger partial charge in [-0.05, 0) is 63.5 Å². The predicted octanol–water partition coefficient (Wildman–Crippen LogP) is 3.50. The van der Waals surface area contributed by atoms with Crippen molar-refractivity contribution in [3.8, 4) is 11.8 Å². The van der Waals surface area contributed by atoms with Crippen LogP contribution in [0.1, 0.15) is 51.6 Å². The molecule has 2 saturated heterocycles. The monoisotopic (exact) mass is 426 g/mol. The highest BCUT2D eigenvalue weighted by molar-refractivity contribution is 5.80. The van der Waals surface area contributed by atoms with E-state index in [2.05, 4.69) is 38.2 Å². The average Bonchev–Trinajstić information content (AvgIpc) is 3.44. The Morgan fingerprint density at radius 1 is 1.19 bits per heavy atom. The number of aliphatic hydroxyl groups is 1. The van der Waals surface area contributed by atoms with E-state index in [4.69, 9.17) is 0 Å². The fraction of sp³-hybridized carbons (Fsp3) is 0.520. The van der Waals surface area contributed by atoms with Gasteiger partial charge in [-0.2, -0.15) is 10.4 Å². The molecule has 7 heteroatoms. The van der Waals surface area contributed by atoms with Gasteiger partial charge in [0.15, 0.2) is 0 Å². The summed E-state index contributed by atoms with van der Waals surface area (Å²) in [5.41, 5.74) is 1.85. The van der Waals surface area contributed by atoms with Gasteiger partial charge in [-0.25, -0.2) is 9.67 Å².